The number of rotatable bonds is 3. The number of hydrogen-bond donors (Lipinski definition) is 0. The van der Waals surface area contributed by atoms with Crippen molar-refractivity contribution in [2.45, 2.75) is 0 Å². The first kappa shape index (κ1) is 30.3. The molecular formula is C54H32O. The molecular weight excluding hydrogens is 665 g/mol. The molecule has 0 aliphatic rings. The third-order valence-electron chi connectivity index (χ3n) is 11.8. The Morgan fingerprint density at radius 3 is 1.24 bits per heavy atom. The van der Waals surface area contributed by atoms with Crippen molar-refractivity contribution in [1.82, 2.24) is 0 Å². The monoisotopic (exact) mass is 696 g/mol. The molecule has 12 aromatic rings. The second-order valence-electron chi connectivity index (χ2n) is 14.7. The van der Waals surface area contributed by atoms with E-state index in [9.17, 15) is 0 Å². The fourth-order valence-electron chi connectivity index (χ4n) is 9.54. The van der Waals surface area contributed by atoms with Gasteiger partial charge in [0.2, 0.25) is 0 Å². The molecule has 0 saturated carbocycles. The third-order valence-corrected chi connectivity index (χ3v) is 11.8. The zero-order valence-electron chi connectivity index (χ0n) is 29.9. The lowest BCUT2D eigenvalue weighted by atomic mass is 9.80. The van der Waals surface area contributed by atoms with Crippen molar-refractivity contribution in [1.29, 1.82) is 0 Å². The zero-order chi connectivity index (χ0) is 36.0. The summed E-state index contributed by atoms with van der Waals surface area (Å²) in [5.74, 6) is 0. The zero-order valence-corrected chi connectivity index (χ0v) is 29.9. The van der Waals surface area contributed by atoms with E-state index in [0.29, 0.717) is 0 Å². The molecule has 0 fully saturated rings. The SMILES string of the molecule is c1ccc2c(-c3c4ccccc4c(-c4c5ccccc5c(-c5ccc6oc7ccc8ccccc8c7c6c5)c5ccccc45)c4ccccc34)cccc2c1. The Kier molecular flexibility index (Phi) is 6.40. The Morgan fingerprint density at radius 2 is 0.673 bits per heavy atom. The number of fused-ring (bicyclic) bond motifs is 10. The van der Waals surface area contributed by atoms with Crippen molar-refractivity contribution in [3.63, 3.8) is 0 Å². The number of furan rings is 1. The number of benzene rings is 11. The molecule has 0 amide bonds. The average Bonchev–Trinajstić information content (AvgIpc) is 3.63. The van der Waals surface area contributed by atoms with Gasteiger partial charge in [-0.25, -0.2) is 0 Å². The lowest BCUT2D eigenvalue weighted by molar-refractivity contribution is 0.669. The number of hydrogen-bond acceptors (Lipinski definition) is 1. The minimum atomic E-state index is 0.907. The molecule has 0 N–H and O–H groups in total. The summed E-state index contributed by atoms with van der Waals surface area (Å²) in [6, 6.07) is 71.1. The molecule has 1 heterocycles. The lowest BCUT2D eigenvalue weighted by Gasteiger charge is -2.22. The van der Waals surface area contributed by atoms with Crippen molar-refractivity contribution in [2.24, 2.45) is 0 Å². The van der Waals surface area contributed by atoms with Gasteiger partial charge in [0.25, 0.3) is 0 Å². The van der Waals surface area contributed by atoms with Gasteiger partial charge in [-0.3, -0.25) is 0 Å². The smallest absolute Gasteiger partial charge is 0.136 e. The van der Waals surface area contributed by atoms with Crippen LogP contribution in [0.2, 0.25) is 0 Å². The van der Waals surface area contributed by atoms with Gasteiger partial charge in [-0.1, -0.05) is 176 Å². The largest absolute Gasteiger partial charge is 0.456 e. The summed E-state index contributed by atoms with van der Waals surface area (Å²) in [5.41, 5.74) is 9.34. The van der Waals surface area contributed by atoms with E-state index in [1.165, 1.54) is 103 Å². The fourth-order valence-corrected chi connectivity index (χ4v) is 9.54. The van der Waals surface area contributed by atoms with Crippen molar-refractivity contribution in [3.8, 4) is 33.4 Å². The molecule has 0 bridgehead atoms. The van der Waals surface area contributed by atoms with Crippen LogP contribution in [-0.2, 0) is 0 Å². The van der Waals surface area contributed by atoms with Crippen LogP contribution in [-0.4, -0.2) is 0 Å². The normalized spacial score (nSPS) is 12.0. The van der Waals surface area contributed by atoms with Crippen molar-refractivity contribution in [3.05, 3.63) is 194 Å². The van der Waals surface area contributed by atoms with Gasteiger partial charge in [-0.2, -0.15) is 0 Å². The van der Waals surface area contributed by atoms with Crippen molar-refractivity contribution in [2.75, 3.05) is 0 Å². The molecule has 0 aliphatic heterocycles. The molecule has 11 aromatic carbocycles. The summed E-state index contributed by atoms with van der Waals surface area (Å²) >= 11 is 0. The second-order valence-corrected chi connectivity index (χ2v) is 14.7. The van der Waals surface area contributed by atoms with E-state index in [1.807, 2.05) is 0 Å². The van der Waals surface area contributed by atoms with Gasteiger partial charge in [0.05, 0.1) is 0 Å². The summed E-state index contributed by atoms with van der Waals surface area (Å²) in [7, 11) is 0. The van der Waals surface area contributed by atoms with Crippen molar-refractivity contribution < 1.29 is 4.42 Å². The predicted octanol–water partition coefficient (Wildman–Crippen LogP) is 15.5. The lowest BCUT2D eigenvalue weighted by Crippen LogP contribution is -1.95. The molecule has 1 nitrogen and oxygen atoms in total. The maximum Gasteiger partial charge on any atom is 0.136 e. The van der Waals surface area contributed by atoms with E-state index in [0.717, 1.165) is 16.6 Å². The summed E-state index contributed by atoms with van der Waals surface area (Å²) in [6.45, 7) is 0. The molecule has 0 spiro atoms. The maximum atomic E-state index is 6.45. The highest BCUT2D eigenvalue weighted by atomic mass is 16.3. The first-order valence-corrected chi connectivity index (χ1v) is 19.0. The summed E-state index contributed by atoms with van der Waals surface area (Å²) in [5, 5.41) is 17.2. The molecule has 0 aliphatic carbocycles. The minimum absolute atomic E-state index is 0.907. The topological polar surface area (TPSA) is 13.1 Å². The first-order chi connectivity index (χ1) is 27.3. The summed E-state index contributed by atoms with van der Waals surface area (Å²) in [6.07, 6.45) is 0. The van der Waals surface area contributed by atoms with E-state index in [-0.39, 0.29) is 0 Å². The first-order valence-electron chi connectivity index (χ1n) is 19.0. The molecule has 254 valence electrons. The Bertz CT molecular complexity index is 3430. The predicted molar refractivity (Wildman–Crippen MR) is 235 cm³/mol. The minimum Gasteiger partial charge on any atom is -0.456 e. The average molecular weight is 697 g/mol. The molecule has 1 aromatic heterocycles. The van der Waals surface area contributed by atoms with Crippen LogP contribution in [0.5, 0.6) is 0 Å². The van der Waals surface area contributed by atoms with Gasteiger partial charge in [0, 0.05) is 10.8 Å². The Balaban J connectivity index is 1.21. The summed E-state index contributed by atoms with van der Waals surface area (Å²) in [4.78, 5) is 0. The summed E-state index contributed by atoms with van der Waals surface area (Å²) < 4.78 is 6.45. The fraction of sp³-hybridized carbons (Fsp3) is 0. The van der Waals surface area contributed by atoms with E-state index < -0.39 is 0 Å². The second kappa shape index (κ2) is 11.6. The maximum absolute atomic E-state index is 6.45. The van der Waals surface area contributed by atoms with Gasteiger partial charge in [-0.05, 0) is 116 Å². The van der Waals surface area contributed by atoms with Crippen LogP contribution in [0.25, 0.3) is 120 Å². The van der Waals surface area contributed by atoms with E-state index in [2.05, 4.69) is 194 Å². The van der Waals surface area contributed by atoms with Crippen LogP contribution in [0.1, 0.15) is 0 Å². The highest BCUT2D eigenvalue weighted by Crippen LogP contribution is 2.51. The Morgan fingerprint density at radius 1 is 0.255 bits per heavy atom. The molecule has 1 heteroatoms. The van der Waals surface area contributed by atoms with Gasteiger partial charge in [0.15, 0.2) is 0 Å². The van der Waals surface area contributed by atoms with E-state index in [1.54, 1.807) is 0 Å². The van der Waals surface area contributed by atoms with Gasteiger partial charge in [0.1, 0.15) is 11.2 Å². The van der Waals surface area contributed by atoms with Crippen LogP contribution in [0.3, 0.4) is 0 Å². The molecule has 0 saturated heterocycles. The van der Waals surface area contributed by atoms with Gasteiger partial charge >= 0.3 is 0 Å². The van der Waals surface area contributed by atoms with E-state index >= 15 is 0 Å². The van der Waals surface area contributed by atoms with Crippen LogP contribution in [0, 0.1) is 0 Å². The quantitative estimate of drug-likeness (QED) is 0.168. The Hall–Kier alpha value is -7.22. The van der Waals surface area contributed by atoms with Crippen molar-refractivity contribution >= 4 is 86.6 Å². The van der Waals surface area contributed by atoms with Crippen LogP contribution < -0.4 is 0 Å². The van der Waals surface area contributed by atoms with Gasteiger partial charge < -0.3 is 4.42 Å². The molecule has 12 rings (SSSR count). The molecule has 0 radical (unpaired) electrons. The Labute approximate surface area is 317 Å². The third kappa shape index (κ3) is 4.35. The van der Waals surface area contributed by atoms with E-state index in [4.69, 9.17) is 4.42 Å². The van der Waals surface area contributed by atoms with Crippen LogP contribution in [0.15, 0.2) is 199 Å². The van der Waals surface area contributed by atoms with Gasteiger partial charge in [-0.15, -0.1) is 0 Å². The highest BCUT2D eigenvalue weighted by Gasteiger charge is 2.23. The molecule has 55 heavy (non-hydrogen) atoms. The van der Waals surface area contributed by atoms with Crippen LogP contribution >= 0.6 is 0 Å². The molecule has 0 unspecified atom stereocenters. The van der Waals surface area contributed by atoms with Crippen LogP contribution in [0.4, 0.5) is 0 Å². The standard InChI is InChI=1S/C54H32O/c1-3-17-36-33(14-1)16-13-27-38(36)51-41-21-7-11-25-45(41)54(46-26-12-8-22-42(46)51)53-43-23-9-5-19-39(43)50(40-20-6-10-24-44(40)53)35-29-30-48-47(32-35)52-37-18-4-2-15-34(37)28-31-49(52)55-48/h1-32H. The molecule has 0 atom stereocenters. The highest BCUT2D eigenvalue weighted by molar-refractivity contribution is 6.31.